The number of non-ortho nitro benzene ring substituents is 1. The average Bonchev–Trinajstić information content (AvgIpc) is 3.42. The van der Waals surface area contributed by atoms with Gasteiger partial charge in [-0.05, 0) is 76.7 Å². The summed E-state index contributed by atoms with van der Waals surface area (Å²) in [4.78, 5) is 44.0. The van der Waals surface area contributed by atoms with E-state index in [1.165, 1.54) is 41.2 Å². The number of carbonyl (C=O) groups is 1. The van der Waals surface area contributed by atoms with Gasteiger partial charge in [0.15, 0.2) is 4.80 Å². The van der Waals surface area contributed by atoms with E-state index in [9.17, 15) is 19.7 Å². The van der Waals surface area contributed by atoms with Gasteiger partial charge in [-0.15, -0.1) is 0 Å². The van der Waals surface area contributed by atoms with E-state index in [0.717, 1.165) is 50.5 Å². The van der Waals surface area contributed by atoms with Gasteiger partial charge in [-0.2, -0.15) is 0 Å². The van der Waals surface area contributed by atoms with Crippen LogP contribution < -0.4 is 19.6 Å². The van der Waals surface area contributed by atoms with E-state index in [0.29, 0.717) is 14.9 Å². The number of carbonyl (C=O) groups excluding carboxylic acids is 1. The molecule has 1 aliphatic heterocycles. The van der Waals surface area contributed by atoms with E-state index < -0.39 is 10.9 Å². The lowest BCUT2D eigenvalue weighted by Crippen LogP contribution is -2.38. The standard InChI is InChI=1S/C38H24BrN3O5S/c39-26-15-9-24(10-16-26)35-30-19-13-23-6-2-4-8-29(23)34(30)40-38-41(35)36(43)33(48-38)21-31-28-7-3-1-5-22(28)14-20-32(31)47-37(44)25-11-17-27(18-12-25)42(45)46/h1-12,14-18,20-21,35H,13,19H2/b33-21+/t35-/m1/s1. The number of allylic oxidation sites excluding steroid dienone is 1. The number of nitro benzene ring substituents is 1. The molecule has 1 atom stereocenters. The summed E-state index contributed by atoms with van der Waals surface area (Å²) in [6.07, 6.45) is 3.42. The molecule has 0 saturated heterocycles. The fraction of sp³-hybridized carbons (Fsp3) is 0.0789. The molecule has 2 aliphatic rings. The number of hydrogen-bond donors (Lipinski definition) is 0. The van der Waals surface area contributed by atoms with Crippen LogP contribution in [0.3, 0.4) is 0 Å². The van der Waals surface area contributed by atoms with Crippen LogP contribution in [-0.2, 0) is 6.42 Å². The van der Waals surface area contributed by atoms with Gasteiger partial charge in [-0.3, -0.25) is 19.5 Å². The highest BCUT2D eigenvalue weighted by Crippen LogP contribution is 2.41. The minimum absolute atomic E-state index is 0.125. The lowest BCUT2D eigenvalue weighted by atomic mass is 9.83. The summed E-state index contributed by atoms with van der Waals surface area (Å²) in [6, 6.07) is 32.5. The highest BCUT2D eigenvalue weighted by atomic mass is 79.9. The van der Waals surface area contributed by atoms with Gasteiger partial charge in [0.25, 0.3) is 11.2 Å². The number of halogens is 1. The smallest absolute Gasteiger partial charge is 0.343 e. The van der Waals surface area contributed by atoms with Crippen LogP contribution in [0.2, 0.25) is 0 Å². The second kappa shape index (κ2) is 12.0. The Kier molecular flexibility index (Phi) is 7.46. The first-order chi connectivity index (χ1) is 23.4. The Morgan fingerprint density at radius 3 is 2.48 bits per heavy atom. The number of rotatable bonds is 5. The van der Waals surface area contributed by atoms with Gasteiger partial charge < -0.3 is 4.74 Å². The lowest BCUT2D eigenvalue weighted by Gasteiger charge is -2.30. The third-order valence-corrected chi connectivity index (χ3v) is 10.3. The first-order valence-corrected chi connectivity index (χ1v) is 16.8. The number of aromatic nitrogens is 1. The van der Waals surface area contributed by atoms with Crippen molar-refractivity contribution in [1.29, 1.82) is 0 Å². The maximum atomic E-state index is 14.5. The molecule has 0 bridgehead atoms. The number of benzene rings is 5. The molecule has 8 rings (SSSR count). The van der Waals surface area contributed by atoms with Crippen molar-refractivity contribution in [2.24, 2.45) is 4.99 Å². The van der Waals surface area contributed by atoms with Crippen molar-refractivity contribution in [3.05, 3.63) is 177 Å². The number of fused-ring (bicyclic) bond motifs is 4. The van der Waals surface area contributed by atoms with Crippen molar-refractivity contribution in [3.8, 4) is 5.75 Å². The average molecular weight is 715 g/mol. The van der Waals surface area contributed by atoms with Gasteiger partial charge in [0.1, 0.15) is 5.75 Å². The Morgan fingerprint density at radius 2 is 1.69 bits per heavy atom. The van der Waals surface area contributed by atoms with Crippen molar-refractivity contribution in [2.45, 2.75) is 18.9 Å². The summed E-state index contributed by atoms with van der Waals surface area (Å²) in [5.74, 6) is -0.404. The van der Waals surface area contributed by atoms with Crippen molar-refractivity contribution >= 4 is 61.5 Å². The van der Waals surface area contributed by atoms with Crippen molar-refractivity contribution in [1.82, 2.24) is 4.57 Å². The summed E-state index contributed by atoms with van der Waals surface area (Å²) < 4.78 is 9.09. The highest BCUT2D eigenvalue weighted by molar-refractivity contribution is 9.10. The van der Waals surface area contributed by atoms with Gasteiger partial charge in [-0.25, -0.2) is 9.79 Å². The van der Waals surface area contributed by atoms with Gasteiger partial charge >= 0.3 is 5.97 Å². The Bertz CT molecular complexity index is 2520. The van der Waals surface area contributed by atoms with Crippen LogP contribution in [0.15, 0.2) is 129 Å². The molecule has 48 heavy (non-hydrogen) atoms. The molecule has 0 spiro atoms. The van der Waals surface area contributed by atoms with E-state index >= 15 is 0 Å². The van der Waals surface area contributed by atoms with Crippen molar-refractivity contribution in [3.63, 3.8) is 0 Å². The summed E-state index contributed by atoms with van der Waals surface area (Å²) in [5.41, 5.74) is 5.78. The van der Waals surface area contributed by atoms with Crippen LogP contribution in [0, 0.1) is 10.1 Å². The minimum Gasteiger partial charge on any atom is -0.422 e. The topological polar surface area (TPSA) is 104 Å². The number of hydrogen-bond acceptors (Lipinski definition) is 7. The van der Waals surface area contributed by atoms with Crippen LogP contribution in [-0.4, -0.2) is 15.5 Å². The second-order valence-electron chi connectivity index (χ2n) is 11.6. The number of ether oxygens (including phenoxy) is 1. The fourth-order valence-corrected chi connectivity index (χ4v) is 7.74. The molecule has 234 valence electrons. The fourth-order valence-electron chi connectivity index (χ4n) is 6.49. The molecule has 10 heteroatoms. The Labute approximate surface area is 285 Å². The zero-order valence-electron chi connectivity index (χ0n) is 25.1. The number of nitro groups is 1. The van der Waals surface area contributed by atoms with E-state index in [-0.39, 0.29) is 28.6 Å². The molecular weight excluding hydrogens is 690 g/mol. The van der Waals surface area contributed by atoms with Crippen LogP contribution in [0.1, 0.15) is 45.1 Å². The molecule has 2 heterocycles. The molecule has 0 unspecified atom stereocenters. The monoisotopic (exact) mass is 713 g/mol. The van der Waals surface area contributed by atoms with Crippen LogP contribution in [0.4, 0.5) is 5.69 Å². The van der Waals surface area contributed by atoms with E-state index in [1.807, 2.05) is 66.7 Å². The highest BCUT2D eigenvalue weighted by Gasteiger charge is 2.32. The predicted octanol–water partition coefficient (Wildman–Crippen LogP) is 7.36. The van der Waals surface area contributed by atoms with E-state index in [2.05, 4.69) is 28.1 Å². The van der Waals surface area contributed by atoms with E-state index in [1.54, 1.807) is 16.7 Å². The minimum atomic E-state index is -0.669. The maximum absolute atomic E-state index is 14.5. The predicted molar refractivity (Wildman–Crippen MR) is 189 cm³/mol. The molecule has 0 saturated carbocycles. The molecule has 0 amide bonds. The van der Waals surface area contributed by atoms with Crippen LogP contribution >= 0.6 is 27.3 Å². The molecule has 0 N–H and O–H groups in total. The molecule has 8 nitrogen and oxygen atoms in total. The SMILES string of the molecule is O=C(Oc1ccc2ccccc2c1/C=c1/sc2n(c1=O)[C@H](c1ccc(Br)cc1)C1=C(N=2)c2ccccc2CC1)c1ccc([N+](=O)[O-])cc1. The summed E-state index contributed by atoms with van der Waals surface area (Å²) in [6.45, 7) is 0. The quantitative estimate of drug-likeness (QED) is 0.0804. The molecule has 0 fully saturated rings. The van der Waals surface area contributed by atoms with E-state index in [4.69, 9.17) is 9.73 Å². The van der Waals surface area contributed by atoms with Crippen molar-refractivity contribution in [2.75, 3.05) is 0 Å². The second-order valence-corrected chi connectivity index (χ2v) is 13.5. The Hall–Kier alpha value is -5.45. The van der Waals surface area contributed by atoms with Crippen LogP contribution in [0.25, 0.3) is 22.5 Å². The molecule has 1 aliphatic carbocycles. The molecule has 5 aromatic carbocycles. The number of thiazole rings is 1. The third kappa shape index (κ3) is 5.19. The van der Waals surface area contributed by atoms with Crippen LogP contribution in [0.5, 0.6) is 5.75 Å². The Balaban J connectivity index is 1.30. The summed E-state index contributed by atoms with van der Waals surface area (Å²) in [5, 5.41) is 12.8. The largest absolute Gasteiger partial charge is 0.422 e. The summed E-state index contributed by atoms with van der Waals surface area (Å²) in [7, 11) is 0. The first-order valence-electron chi connectivity index (χ1n) is 15.2. The zero-order valence-corrected chi connectivity index (χ0v) is 27.5. The number of nitrogens with zero attached hydrogens (tertiary/aromatic N) is 3. The lowest BCUT2D eigenvalue weighted by molar-refractivity contribution is -0.384. The molecule has 6 aromatic rings. The maximum Gasteiger partial charge on any atom is 0.343 e. The van der Waals surface area contributed by atoms with Gasteiger partial charge in [0.05, 0.1) is 26.8 Å². The van der Waals surface area contributed by atoms with Gasteiger partial charge in [0.2, 0.25) is 0 Å². The molecule has 0 radical (unpaired) electrons. The van der Waals surface area contributed by atoms with Gasteiger partial charge in [-0.1, -0.05) is 94.0 Å². The normalized spacial score (nSPS) is 15.4. The summed E-state index contributed by atoms with van der Waals surface area (Å²) >= 11 is 4.86. The number of esters is 1. The molecular formula is C38H24BrN3O5S. The number of aryl methyl sites for hydroxylation is 1. The third-order valence-electron chi connectivity index (χ3n) is 8.78. The Morgan fingerprint density at radius 1 is 0.938 bits per heavy atom. The molecule has 1 aromatic heterocycles. The zero-order chi connectivity index (χ0) is 32.9. The first kappa shape index (κ1) is 29.9. The van der Waals surface area contributed by atoms with Gasteiger partial charge in [0, 0.05) is 27.7 Å². The van der Waals surface area contributed by atoms with Crippen molar-refractivity contribution < 1.29 is 14.5 Å².